The molecular formula is C26H28F3N5O4S. The SMILES string of the molecule is NC(=O)C1(c2nn(-c3ccc(F)cn3)c(CO)c2-c2ccc(N3CCS(=O)(=O)CC3)cc2)CCCC(F)(F)C1. The van der Waals surface area contributed by atoms with E-state index < -0.39 is 45.9 Å². The summed E-state index contributed by atoms with van der Waals surface area (Å²) in [5.41, 5.74) is 5.69. The fourth-order valence-electron chi connectivity index (χ4n) is 5.53. The molecule has 39 heavy (non-hydrogen) atoms. The van der Waals surface area contributed by atoms with Crippen LogP contribution in [0.3, 0.4) is 0 Å². The number of benzene rings is 1. The molecule has 0 radical (unpaired) electrons. The maximum absolute atomic E-state index is 14.8. The van der Waals surface area contributed by atoms with Crippen LogP contribution in [0.15, 0.2) is 42.6 Å². The Hall–Kier alpha value is -3.45. The summed E-state index contributed by atoms with van der Waals surface area (Å²) in [7, 11) is -3.07. The van der Waals surface area contributed by atoms with Crippen LogP contribution in [0.4, 0.5) is 18.9 Å². The Morgan fingerprint density at radius 1 is 1.08 bits per heavy atom. The lowest BCUT2D eigenvalue weighted by atomic mass is 9.68. The summed E-state index contributed by atoms with van der Waals surface area (Å²) in [4.78, 5) is 18.9. The number of sulfone groups is 1. The minimum Gasteiger partial charge on any atom is -0.390 e. The van der Waals surface area contributed by atoms with Crippen LogP contribution in [-0.2, 0) is 26.7 Å². The fourth-order valence-corrected chi connectivity index (χ4v) is 6.73. The van der Waals surface area contributed by atoms with Gasteiger partial charge in [0.2, 0.25) is 11.8 Å². The lowest BCUT2D eigenvalue weighted by Gasteiger charge is -2.37. The van der Waals surface area contributed by atoms with E-state index in [9.17, 15) is 31.5 Å². The Morgan fingerprint density at radius 2 is 1.77 bits per heavy atom. The summed E-state index contributed by atoms with van der Waals surface area (Å²) < 4.78 is 68.0. The van der Waals surface area contributed by atoms with Crippen molar-refractivity contribution in [2.45, 2.75) is 43.6 Å². The van der Waals surface area contributed by atoms with Gasteiger partial charge in [0, 0.05) is 37.2 Å². The number of hydrogen-bond donors (Lipinski definition) is 2. The van der Waals surface area contributed by atoms with Gasteiger partial charge in [-0.1, -0.05) is 12.1 Å². The molecule has 0 spiro atoms. The molecule has 1 unspecified atom stereocenters. The molecule has 3 heterocycles. The zero-order chi connectivity index (χ0) is 28.0. The predicted molar refractivity (Wildman–Crippen MR) is 138 cm³/mol. The fraction of sp³-hybridized carbons (Fsp3) is 0.423. The molecule has 2 aliphatic rings. The highest BCUT2D eigenvalue weighted by atomic mass is 32.2. The number of carbonyl (C=O) groups excluding carboxylic acids is 1. The minimum atomic E-state index is -3.15. The monoisotopic (exact) mass is 563 g/mol. The van der Waals surface area contributed by atoms with Gasteiger partial charge in [0.15, 0.2) is 15.7 Å². The molecule has 3 aromatic rings. The van der Waals surface area contributed by atoms with E-state index in [0.29, 0.717) is 18.7 Å². The van der Waals surface area contributed by atoms with Crippen molar-refractivity contribution in [3.63, 3.8) is 0 Å². The minimum absolute atomic E-state index is 0.00126. The quantitative estimate of drug-likeness (QED) is 0.472. The first-order valence-corrected chi connectivity index (χ1v) is 14.4. The maximum Gasteiger partial charge on any atom is 0.249 e. The molecular weight excluding hydrogens is 535 g/mol. The summed E-state index contributed by atoms with van der Waals surface area (Å²) in [5.74, 6) is -4.49. The van der Waals surface area contributed by atoms with Gasteiger partial charge in [-0.05, 0) is 42.7 Å². The smallest absolute Gasteiger partial charge is 0.249 e. The van der Waals surface area contributed by atoms with E-state index in [1.54, 1.807) is 24.3 Å². The van der Waals surface area contributed by atoms with Crippen LogP contribution in [0.1, 0.15) is 37.1 Å². The summed E-state index contributed by atoms with van der Waals surface area (Å²) in [5, 5.41) is 15.0. The lowest BCUT2D eigenvalue weighted by Crippen LogP contribution is -2.49. The van der Waals surface area contributed by atoms with E-state index in [1.807, 2.05) is 4.90 Å². The number of amides is 1. The number of anilines is 1. The molecule has 0 bridgehead atoms. The Bertz CT molecular complexity index is 1480. The van der Waals surface area contributed by atoms with Crippen LogP contribution in [0.25, 0.3) is 16.9 Å². The molecule has 1 saturated heterocycles. The third-order valence-corrected chi connectivity index (χ3v) is 9.17. The highest BCUT2D eigenvalue weighted by Gasteiger charge is 2.53. The number of primary amides is 1. The second-order valence-corrected chi connectivity index (χ2v) is 12.4. The molecule has 1 aromatic carbocycles. The van der Waals surface area contributed by atoms with E-state index in [4.69, 9.17) is 5.73 Å². The van der Waals surface area contributed by atoms with Crippen LogP contribution in [-0.4, -0.2) is 64.7 Å². The topological polar surface area (TPSA) is 131 Å². The molecule has 2 aromatic heterocycles. The van der Waals surface area contributed by atoms with Gasteiger partial charge in [0.25, 0.3) is 0 Å². The molecule has 1 amide bonds. The largest absolute Gasteiger partial charge is 0.390 e. The number of aliphatic hydroxyl groups excluding tert-OH is 1. The number of pyridine rings is 1. The van der Waals surface area contributed by atoms with E-state index >= 15 is 0 Å². The number of hydrogen-bond acceptors (Lipinski definition) is 7. The van der Waals surface area contributed by atoms with Crippen molar-refractivity contribution in [2.24, 2.45) is 5.73 Å². The lowest BCUT2D eigenvalue weighted by molar-refractivity contribution is -0.133. The van der Waals surface area contributed by atoms with Gasteiger partial charge in [-0.2, -0.15) is 5.10 Å². The molecule has 5 rings (SSSR count). The summed E-state index contributed by atoms with van der Waals surface area (Å²) in [6.45, 7) is 0.0874. The standard InChI is InChI=1S/C26H28F3N5O4S/c27-18-4-7-21(31-14-18)34-20(15-35)22(23(32-34)25(24(30)36)8-1-9-26(28,29)16-25)17-2-5-19(6-3-17)33-10-12-39(37,38)13-11-33/h2-7,14,35H,1,8-13,15-16H2,(H2,30,36). The summed E-state index contributed by atoms with van der Waals surface area (Å²) >= 11 is 0. The van der Waals surface area contributed by atoms with Gasteiger partial charge in [-0.3, -0.25) is 4.79 Å². The number of carbonyl (C=O) groups is 1. The number of rotatable bonds is 6. The van der Waals surface area contributed by atoms with Crippen LogP contribution in [0.2, 0.25) is 0 Å². The first kappa shape index (κ1) is 27.1. The number of halogens is 3. The molecule has 9 nitrogen and oxygen atoms in total. The third kappa shape index (κ3) is 5.12. The van der Waals surface area contributed by atoms with Crippen LogP contribution < -0.4 is 10.6 Å². The number of aliphatic hydroxyl groups is 1. The highest BCUT2D eigenvalue weighted by molar-refractivity contribution is 7.91. The zero-order valence-corrected chi connectivity index (χ0v) is 21.8. The van der Waals surface area contributed by atoms with Crippen molar-refractivity contribution in [3.8, 4) is 16.9 Å². The van der Waals surface area contributed by atoms with Gasteiger partial charge in [-0.25, -0.2) is 31.3 Å². The first-order chi connectivity index (χ1) is 18.4. The molecule has 1 atom stereocenters. The molecule has 1 aliphatic carbocycles. The normalized spacial score (nSPS) is 22.5. The van der Waals surface area contributed by atoms with E-state index in [1.165, 1.54) is 10.7 Å². The summed E-state index contributed by atoms with van der Waals surface area (Å²) in [6, 6.07) is 9.41. The van der Waals surface area contributed by atoms with Gasteiger partial charge in [0.05, 0.1) is 41.1 Å². The number of nitrogens with zero attached hydrogens (tertiary/aromatic N) is 4. The van der Waals surface area contributed by atoms with E-state index in [0.717, 1.165) is 18.0 Å². The van der Waals surface area contributed by atoms with Crippen molar-refractivity contribution in [1.29, 1.82) is 0 Å². The van der Waals surface area contributed by atoms with Crippen molar-refractivity contribution in [1.82, 2.24) is 14.8 Å². The molecule has 208 valence electrons. The highest BCUT2D eigenvalue weighted by Crippen LogP contribution is 2.49. The Balaban J connectivity index is 1.66. The maximum atomic E-state index is 14.8. The average Bonchev–Trinajstić information content (AvgIpc) is 3.28. The number of aromatic nitrogens is 3. The van der Waals surface area contributed by atoms with Crippen molar-refractivity contribution < 1.29 is 31.5 Å². The average molecular weight is 564 g/mol. The Kier molecular flexibility index (Phi) is 6.91. The molecule has 13 heteroatoms. The molecule has 2 fully saturated rings. The third-order valence-electron chi connectivity index (χ3n) is 7.56. The Labute approximate surface area is 223 Å². The zero-order valence-electron chi connectivity index (χ0n) is 21.0. The number of alkyl halides is 2. The van der Waals surface area contributed by atoms with Crippen LogP contribution in [0.5, 0.6) is 0 Å². The van der Waals surface area contributed by atoms with Crippen molar-refractivity contribution >= 4 is 21.4 Å². The van der Waals surface area contributed by atoms with Crippen molar-refractivity contribution in [2.75, 3.05) is 29.5 Å². The number of nitrogens with two attached hydrogens (primary N) is 1. The van der Waals surface area contributed by atoms with Crippen LogP contribution in [0, 0.1) is 5.82 Å². The van der Waals surface area contributed by atoms with Gasteiger partial charge in [0.1, 0.15) is 5.82 Å². The second-order valence-electron chi connectivity index (χ2n) is 10.1. The van der Waals surface area contributed by atoms with Gasteiger partial charge in [-0.15, -0.1) is 0 Å². The van der Waals surface area contributed by atoms with E-state index in [2.05, 4.69) is 10.1 Å². The summed E-state index contributed by atoms with van der Waals surface area (Å²) in [6.07, 6.45) is -0.165. The van der Waals surface area contributed by atoms with Gasteiger partial charge >= 0.3 is 0 Å². The molecule has 3 N–H and O–H groups in total. The Morgan fingerprint density at radius 3 is 2.33 bits per heavy atom. The van der Waals surface area contributed by atoms with Crippen molar-refractivity contribution in [3.05, 3.63) is 59.8 Å². The van der Waals surface area contributed by atoms with Crippen LogP contribution >= 0.6 is 0 Å². The first-order valence-electron chi connectivity index (χ1n) is 12.5. The second kappa shape index (κ2) is 9.94. The van der Waals surface area contributed by atoms with Gasteiger partial charge < -0.3 is 15.7 Å². The molecule has 1 saturated carbocycles. The predicted octanol–water partition coefficient (Wildman–Crippen LogP) is 2.73. The van der Waals surface area contributed by atoms with E-state index in [-0.39, 0.29) is 53.5 Å². The molecule has 1 aliphatic heterocycles.